The third-order valence-corrected chi connectivity index (χ3v) is 5.07. The van der Waals surface area contributed by atoms with E-state index in [1.54, 1.807) is 37.2 Å². The predicted molar refractivity (Wildman–Crippen MR) is 126 cm³/mol. The van der Waals surface area contributed by atoms with Crippen molar-refractivity contribution in [3.05, 3.63) is 54.2 Å². The van der Waals surface area contributed by atoms with E-state index in [-0.39, 0.29) is 17.5 Å². The summed E-state index contributed by atoms with van der Waals surface area (Å²) in [5, 5.41) is 4.65. The molecule has 0 N–H and O–H groups in total. The normalized spacial score (nSPS) is 14.0. The molecule has 0 radical (unpaired) electrons. The highest BCUT2D eigenvalue weighted by Gasteiger charge is 2.35. The largest absolute Gasteiger partial charge is 0.378 e. The summed E-state index contributed by atoms with van der Waals surface area (Å²) in [6.45, 7) is 4.10. The number of amides is 1. The lowest BCUT2D eigenvalue weighted by atomic mass is 10.1. The van der Waals surface area contributed by atoms with Crippen LogP contribution in [0.4, 0.5) is 11.4 Å². The second-order valence-corrected chi connectivity index (χ2v) is 8.23. The minimum absolute atomic E-state index is 0.0771. The molecule has 3 aromatic rings. The number of imidazole rings is 1. The second kappa shape index (κ2) is 8.33. The number of fused-ring (bicyclic) bond motifs is 1. The van der Waals surface area contributed by atoms with Crippen LogP contribution in [0, 0.1) is 0 Å². The Balaban J connectivity index is 1.90. The fraction of sp³-hybridized carbons (Fsp3) is 0.304. The van der Waals surface area contributed by atoms with Gasteiger partial charge in [0.1, 0.15) is 11.4 Å². The van der Waals surface area contributed by atoms with Gasteiger partial charge in [-0.25, -0.2) is 24.6 Å². The Hall–Kier alpha value is -3.88. The summed E-state index contributed by atoms with van der Waals surface area (Å²) in [4.78, 5) is 34.8. The van der Waals surface area contributed by atoms with Crippen molar-refractivity contribution in [2.75, 3.05) is 33.1 Å². The number of hydrogen-bond donors (Lipinski definition) is 0. The molecule has 9 nitrogen and oxygen atoms in total. The lowest BCUT2D eigenvalue weighted by Crippen LogP contribution is -2.34. The van der Waals surface area contributed by atoms with E-state index in [4.69, 9.17) is 9.98 Å². The number of rotatable bonds is 5. The van der Waals surface area contributed by atoms with Gasteiger partial charge in [0.2, 0.25) is 0 Å². The molecular formula is C23H26N8O. The zero-order valence-corrected chi connectivity index (χ0v) is 19.1. The van der Waals surface area contributed by atoms with Crippen LogP contribution in [-0.2, 0) is 4.79 Å². The van der Waals surface area contributed by atoms with Crippen molar-refractivity contribution in [2.45, 2.75) is 19.8 Å². The van der Waals surface area contributed by atoms with Crippen LogP contribution in [-0.4, -0.2) is 70.0 Å². The third-order valence-electron chi connectivity index (χ3n) is 5.07. The van der Waals surface area contributed by atoms with Gasteiger partial charge in [-0.3, -0.25) is 4.79 Å². The summed E-state index contributed by atoms with van der Waals surface area (Å²) in [5.41, 5.74) is 3.95. The second-order valence-electron chi connectivity index (χ2n) is 8.23. The fourth-order valence-corrected chi connectivity index (χ4v) is 3.45. The third kappa shape index (κ3) is 3.77. The van der Waals surface area contributed by atoms with E-state index < -0.39 is 0 Å². The topological polar surface area (TPSA) is 91.9 Å². The molecule has 1 aromatic carbocycles. The van der Waals surface area contributed by atoms with E-state index in [2.05, 4.69) is 28.9 Å². The average Bonchev–Trinajstić information content (AvgIpc) is 3.31. The molecule has 4 rings (SSSR count). The molecule has 0 saturated heterocycles. The highest BCUT2D eigenvalue weighted by Crippen LogP contribution is 2.31. The number of nitrogens with zero attached hydrogens (tertiary/aromatic N) is 8. The maximum Gasteiger partial charge on any atom is 0.276 e. The molecule has 2 aromatic heterocycles. The molecule has 0 aliphatic carbocycles. The SMILES string of the molecule is CC(C)c1c(-c2ncccn2)nc2n1N=C(C(=O)N(C)C)C2=Nc1ccc(N(C)C)cc1. The van der Waals surface area contributed by atoms with E-state index in [1.807, 2.05) is 43.3 Å². The Morgan fingerprint density at radius 2 is 1.69 bits per heavy atom. The summed E-state index contributed by atoms with van der Waals surface area (Å²) in [7, 11) is 7.36. The van der Waals surface area contributed by atoms with Crippen molar-refractivity contribution in [1.82, 2.24) is 24.5 Å². The molecule has 0 atom stereocenters. The van der Waals surface area contributed by atoms with Gasteiger partial charge in [-0.1, -0.05) is 13.8 Å². The molecule has 164 valence electrons. The van der Waals surface area contributed by atoms with Crippen LogP contribution in [0.3, 0.4) is 0 Å². The Morgan fingerprint density at radius 3 is 2.25 bits per heavy atom. The van der Waals surface area contributed by atoms with Gasteiger partial charge < -0.3 is 9.80 Å². The maximum atomic E-state index is 12.9. The minimum Gasteiger partial charge on any atom is -0.378 e. The van der Waals surface area contributed by atoms with E-state index in [9.17, 15) is 4.79 Å². The summed E-state index contributed by atoms with van der Waals surface area (Å²) >= 11 is 0. The summed E-state index contributed by atoms with van der Waals surface area (Å²) in [6.07, 6.45) is 3.37. The highest BCUT2D eigenvalue weighted by atomic mass is 16.2. The van der Waals surface area contributed by atoms with Crippen LogP contribution < -0.4 is 4.90 Å². The minimum atomic E-state index is -0.230. The number of carbonyl (C=O) groups excluding carboxylic acids is 1. The molecule has 9 heteroatoms. The van der Waals surface area contributed by atoms with E-state index in [0.29, 0.717) is 28.7 Å². The summed E-state index contributed by atoms with van der Waals surface area (Å²) in [5.74, 6) is 0.876. The molecule has 0 spiro atoms. The predicted octanol–water partition coefficient (Wildman–Crippen LogP) is 2.96. The summed E-state index contributed by atoms with van der Waals surface area (Å²) in [6, 6.07) is 9.55. The van der Waals surface area contributed by atoms with Crippen molar-refractivity contribution in [2.24, 2.45) is 10.1 Å². The number of aliphatic imine (C=N–C) groups is 1. The highest BCUT2D eigenvalue weighted by molar-refractivity contribution is 6.70. The lowest BCUT2D eigenvalue weighted by Gasteiger charge is -2.12. The van der Waals surface area contributed by atoms with Crippen LogP contribution in [0.1, 0.15) is 31.3 Å². The zero-order chi connectivity index (χ0) is 23.0. The van der Waals surface area contributed by atoms with Gasteiger partial charge in [0.15, 0.2) is 17.4 Å². The first kappa shape index (κ1) is 21.4. The molecule has 0 bridgehead atoms. The smallest absolute Gasteiger partial charge is 0.276 e. The van der Waals surface area contributed by atoms with Crippen LogP contribution in [0.15, 0.2) is 52.8 Å². The first-order valence-corrected chi connectivity index (χ1v) is 10.4. The van der Waals surface area contributed by atoms with Crippen LogP contribution in [0.2, 0.25) is 0 Å². The first-order valence-electron chi connectivity index (χ1n) is 10.4. The van der Waals surface area contributed by atoms with Gasteiger partial charge in [0.25, 0.3) is 5.91 Å². The van der Waals surface area contributed by atoms with E-state index in [1.165, 1.54) is 4.90 Å². The standard InChI is InChI=1S/C23H26N8O/c1-14(2)20-19(21-24-12-7-13-25-21)27-22-17(18(28-31(20)22)23(32)30(5)6)26-15-8-10-16(11-9-15)29(3)4/h7-14H,1-6H3. The maximum absolute atomic E-state index is 12.9. The fourth-order valence-electron chi connectivity index (χ4n) is 3.45. The first-order chi connectivity index (χ1) is 15.3. The quantitative estimate of drug-likeness (QED) is 0.621. The van der Waals surface area contributed by atoms with Crippen LogP contribution >= 0.6 is 0 Å². The Labute approximate surface area is 187 Å². The number of carbonyl (C=O) groups is 1. The Morgan fingerprint density at radius 1 is 1.03 bits per heavy atom. The molecular weight excluding hydrogens is 404 g/mol. The molecule has 1 aliphatic rings. The molecule has 0 saturated carbocycles. The van der Waals surface area contributed by atoms with E-state index in [0.717, 1.165) is 11.4 Å². The number of benzene rings is 1. The van der Waals surface area contributed by atoms with Crippen molar-refractivity contribution < 1.29 is 4.79 Å². The van der Waals surface area contributed by atoms with Crippen LogP contribution in [0.25, 0.3) is 11.5 Å². The number of hydrogen-bond acceptors (Lipinski definition) is 7. The zero-order valence-electron chi connectivity index (χ0n) is 19.1. The molecule has 3 heterocycles. The molecule has 0 unspecified atom stereocenters. The van der Waals surface area contributed by atoms with Gasteiger partial charge in [-0.2, -0.15) is 5.10 Å². The van der Waals surface area contributed by atoms with Gasteiger partial charge in [0, 0.05) is 46.3 Å². The Bertz CT molecular complexity index is 1200. The molecule has 1 amide bonds. The number of anilines is 1. The van der Waals surface area contributed by atoms with Crippen molar-refractivity contribution in [3.63, 3.8) is 0 Å². The number of aromatic nitrogens is 4. The van der Waals surface area contributed by atoms with E-state index >= 15 is 0 Å². The lowest BCUT2D eigenvalue weighted by molar-refractivity contribution is -0.121. The molecule has 1 aliphatic heterocycles. The summed E-state index contributed by atoms with van der Waals surface area (Å²) < 4.78 is 1.71. The molecule has 32 heavy (non-hydrogen) atoms. The average molecular weight is 431 g/mol. The van der Waals surface area contributed by atoms with Gasteiger partial charge >= 0.3 is 0 Å². The molecule has 0 fully saturated rings. The van der Waals surface area contributed by atoms with Gasteiger partial charge in [0.05, 0.1) is 11.4 Å². The Kier molecular flexibility index (Phi) is 5.56. The van der Waals surface area contributed by atoms with Gasteiger partial charge in [-0.05, 0) is 36.2 Å². The van der Waals surface area contributed by atoms with Gasteiger partial charge in [-0.15, -0.1) is 0 Å². The van der Waals surface area contributed by atoms with Crippen molar-refractivity contribution >= 4 is 28.7 Å². The monoisotopic (exact) mass is 430 g/mol. The van der Waals surface area contributed by atoms with Crippen molar-refractivity contribution in [1.29, 1.82) is 0 Å². The van der Waals surface area contributed by atoms with Crippen LogP contribution in [0.5, 0.6) is 0 Å². The van der Waals surface area contributed by atoms with Crippen molar-refractivity contribution in [3.8, 4) is 11.5 Å².